The highest BCUT2D eigenvalue weighted by Gasteiger charge is 1.87. The molecule has 0 heterocycles. The van der Waals surface area contributed by atoms with E-state index in [0.29, 0.717) is 6.61 Å². The monoisotopic (exact) mass is 184 g/mol. The zero-order valence-electron chi connectivity index (χ0n) is 8.97. The third kappa shape index (κ3) is 11.7. The first kappa shape index (κ1) is 12.7. The Bertz CT molecular complexity index is 95.7. The molecule has 0 saturated carbocycles. The molecule has 0 radical (unpaired) electrons. The second-order valence-electron chi connectivity index (χ2n) is 3.54. The predicted molar refractivity (Wildman–Crippen MR) is 58.8 cm³/mol. The third-order valence-electron chi connectivity index (χ3n) is 2.17. The van der Waals surface area contributed by atoms with Crippen molar-refractivity contribution in [3.05, 3.63) is 12.2 Å². The lowest BCUT2D eigenvalue weighted by Crippen LogP contribution is -1.80. The average Bonchev–Trinajstić information content (AvgIpc) is 2.22. The molecule has 0 amide bonds. The quantitative estimate of drug-likeness (QED) is 0.522. The molecule has 0 aromatic heterocycles. The van der Waals surface area contributed by atoms with Gasteiger partial charge in [-0.15, -0.1) is 0 Å². The van der Waals surface area contributed by atoms with E-state index in [2.05, 4.69) is 19.1 Å². The summed E-state index contributed by atoms with van der Waals surface area (Å²) in [5, 5.41) is 8.29. The molecule has 1 rings (SSSR count). The molecule has 1 nitrogen and oxygen atoms in total. The molecule has 0 fully saturated rings. The maximum absolute atomic E-state index is 8.29. The number of unbranched alkanes of at least 4 members (excludes halogenated alkanes) is 3. The van der Waals surface area contributed by atoms with Crippen molar-refractivity contribution < 1.29 is 5.11 Å². The van der Waals surface area contributed by atoms with Gasteiger partial charge in [-0.2, -0.15) is 0 Å². The molecule has 1 aliphatic rings. The summed E-state index contributed by atoms with van der Waals surface area (Å²) in [7, 11) is 0. The molecule has 1 aliphatic carbocycles. The van der Waals surface area contributed by atoms with E-state index in [9.17, 15) is 0 Å². The van der Waals surface area contributed by atoms with Crippen LogP contribution in [0.15, 0.2) is 12.2 Å². The summed E-state index contributed by atoms with van der Waals surface area (Å²) in [5.41, 5.74) is 0. The number of hydrogen-bond acceptors (Lipinski definition) is 1. The van der Waals surface area contributed by atoms with E-state index < -0.39 is 0 Å². The molecule has 1 N–H and O–H groups in total. The fraction of sp³-hybridized carbons (Fsp3) is 0.833. The number of aliphatic hydroxyl groups excluding tert-OH is 1. The van der Waals surface area contributed by atoms with Crippen LogP contribution in [0.1, 0.15) is 58.3 Å². The van der Waals surface area contributed by atoms with Crippen LogP contribution in [0.4, 0.5) is 0 Å². The highest BCUT2D eigenvalue weighted by atomic mass is 16.2. The maximum Gasteiger partial charge on any atom is 0.0431 e. The lowest BCUT2D eigenvalue weighted by molar-refractivity contribution is 0.283. The van der Waals surface area contributed by atoms with Gasteiger partial charge in [-0.3, -0.25) is 0 Å². The van der Waals surface area contributed by atoms with Gasteiger partial charge in [-0.25, -0.2) is 0 Å². The van der Waals surface area contributed by atoms with Crippen molar-refractivity contribution in [3.8, 4) is 0 Å². The summed E-state index contributed by atoms with van der Waals surface area (Å²) < 4.78 is 0. The van der Waals surface area contributed by atoms with Gasteiger partial charge in [0.15, 0.2) is 0 Å². The van der Waals surface area contributed by atoms with Crippen molar-refractivity contribution in [2.75, 3.05) is 6.61 Å². The summed E-state index contributed by atoms with van der Waals surface area (Å²) in [5.74, 6) is 0. The molecule has 0 saturated heterocycles. The van der Waals surface area contributed by atoms with E-state index >= 15 is 0 Å². The molecule has 0 aromatic carbocycles. The Morgan fingerprint density at radius 3 is 1.92 bits per heavy atom. The standard InChI is InChI=1S/C6H14O.C6H10/c1-2-3-4-5-6-7;1-2-4-6-5-3-1/h7H,2-6H2,1H3;1-2H,3-6H2. The second kappa shape index (κ2) is 11.7. The van der Waals surface area contributed by atoms with Crippen LogP contribution < -0.4 is 0 Å². The normalized spacial score (nSPS) is 14.9. The van der Waals surface area contributed by atoms with Crippen molar-refractivity contribution in [2.45, 2.75) is 58.3 Å². The minimum atomic E-state index is 0.361. The molecule has 0 spiro atoms. The van der Waals surface area contributed by atoms with E-state index in [-0.39, 0.29) is 0 Å². The zero-order chi connectivity index (χ0) is 9.78. The summed E-state index contributed by atoms with van der Waals surface area (Å²) in [6.07, 6.45) is 14.7. The summed E-state index contributed by atoms with van der Waals surface area (Å²) in [6.45, 7) is 2.53. The minimum Gasteiger partial charge on any atom is -0.396 e. The Kier molecular flexibility index (Phi) is 11.4. The number of rotatable bonds is 4. The second-order valence-corrected chi connectivity index (χ2v) is 3.54. The van der Waals surface area contributed by atoms with Crippen LogP contribution in [0.5, 0.6) is 0 Å². The van der Waals surface area contributed by atoms with E-state index in [1.807, 2.05) is 0 Å². The van der Waals surface area contributed by atoms with Crippen LogP contribution in [0.25, 0.3) is 0 Å². The van der Waals surface area contributed by atoms with Crippen molar-refractivity contribution in [1.29, 1.82) is 0 Å². The number of allylic oxidation sites excluding steroid dienone is 2. The fourth-order valence-electron chi connectivity index (χ4n) is 1.30. The van der Waals surface area contributed by atoms with Gasteiger partial charge in [0.2, 0.25) is 0 Å². The van der Waals surface area contributed by atoms with Crippen molar-refractivity contribution in [2.24, 2.45) is 0 Å². The number of hydrogen-bond donors (Lipinski definition) is 1. The molecular formula is C12H24O. The predicted octanol–water partition coefficient (Wildman–Crippen LogP) is 3.68. The highest BCUT2D eigenvalue weighted by molar-refractivity contribution is 4.85. The SMILES string of the molecule is C1=CCCCC1.CCCCCCO. The highest BCUT2D eigenvalue weighted by Crippen LogP contribution is 2.07. The van der Waals surface area contributed by atoms with Crippen LogP contribution in [-0.2, 0) is 0 Å². The van der Waals surface area contributed by atoms with Gasteiger partial charge >= 0.3 is 0 Å². The minimum absolute atomic E-state index is 0.361. The van der Waals surface area contributed by atoms with Gasteiger partial charge < -0.3 is 5.11 Å². The molecule has 78 valence electrons. The van der Waals surface area contributed by atoms with Crippen LogP contribution in [0.2, 0.25) is 0 Å². The Balaban J connectivity index is 0.000000223. The van der Waals surface area contributed by atoms with Crippen molar-refractivity contribution in [1.82, 2.24) is 0 Å². The Morgan fingerprint density at radius 2 is 1.62 bits per heavy atom. The maximum atomic E-state index is 8.29. The Hall–Kier alpha value is -0.300. The molecule has 0 aliphatic heterocycles. The van der Waals surface area contributed by atoms with Gasteiger partial charge in [0.05, 0.1) is 0 Å². The Morgan fingerprint density at radius 1 is 1.00 bits per heavy atom. The largest absolute Gasteiger partial charge is 0.396 e. The smallest absolute Gasteiger partial charge is 0.0431 e. The van der Waals surface area contributed by atoms with Gasteiger partial charge in [0.1, 0.15) is 0 Å². The first-order valence-electron chi connectivity index (χ1n) is 5.67. The lowest BCUT2D eigenvalue weighted by atomic mass is 10.1. The first-order valence-corrected chi connectivity index (χ1v) is 5.67. The molecule has 0 unspecified atom stereocenters. The van der Waals surface area contributed by atoms with Crippen LogP contribution in [0, 0.1) is 0 Å². The summed E-state index contributed by atoms with van der Waals surface area (Å²) in [4.78, 5) is 0. The van der Waals surface area contributed by atoms with Crippen LogP contribution in [-0.4, -0.2) is 11.7 Å². The van der Waals surface area contributed by atoms with Crippen LogP contribution >= 0.6 is 0 Å². The van der Waals surface area contributed by atoms with E-state index in [1.165, 1.54) is 44.9 Å². The molecule has 0 atom stereocenters. The van der Waals surface area contributed by atoms with Gasteiger partial charge in [-0.1, -0.05) is 38.3 Å². The molecule has 0 bridgehead atoms. The van der Waals surface area contributed by atoms with Crippen molar-refractivity contribution in [3.63, 3.8) is 0 Å². The first-order chi connectivity index (χ1) is 6.41. The van der Waals surface area contributed by atoms with E-state index in [0.717, 1.165) is 6.42 Å². The van der Waals surface area contributed by atoms with Crippen molar-refractivity contribution >= 4 is 0 Å². The van der Waals surface area contributed by atoms with Gasteiger partial charge in [0.25, 0.3) is 0 Å². The van der Waals surface area contributed by atoms with E-state index in [4.69, 9.17) is 5.11 Å². The lowest BCUT2D eigenvalue weighted by Gasteiger charge is -1.97. The van der Waals surface area contributed by atoms with Gasteiger partial charge in [-0.05, 0) is 32.1 Å². The summed E-state index contributed by atoms with van der Waals surface area (Å²) >= 11 is 0. The summed E-state index contributed by atoms with van der Waals surface area (Å²) in [6, 6.07) is 0. The zero-order valence-corrected chi connectivity index (χ0v) is 8.97. The van der Waals surface area contributed by atoms with E-state index in [1.54, 1.807) is 0 Å². The van der Waals surface area contributed by atoms with Gasteiger partial charge in [0, 0.05) is 6.61 Å². The molecule has 13 heavy (non-hydrogen) atoms. The number of aliphatic hydroxyl groups is 1. The molecule has 1 heteroatoms. The molecular weight excluding hydrogens is 160 g/mol. The average molecular weight is 184 g/mol. The Labute approximate surface area is 82.9 Å². The third-order valence-corrected chi connectivity index (χ3v) is 2.17. The fourth-order valence-corrected chi connectivity index (χ4v) is 1.30. The van der Waals surface area contributed by atoms with Crippen LogP contribution in [0.3, 0.4) is 0 Å². The molecule has 0 aromatic rings. The topological polar surface area (TPSA) is 20.2 Å².